The smallest absolute Gasteiger partial charge is 0.269 e. The van der Waals surface area contributed by atoms with Gasteiger partial charge in [-0.15, -0.1) is 0 Å². The van der Waals surface area contributed by atoms with Crippen LogP contribution >= 0.6 is 0 Å². The molecule has 0 radical (unpaired) electrons. The van der Waals surface area contributed by atoms with Crippen LogP contribution in [0.3, 0.4) is 0 Å². The van der Waals surface area contributed by atoms with Crippen LogP contribution in [0.5, 0.6) is 5.75 Å². The van der Waals surface area contributed by atoms with Crippen LogP contribution in [0, 0.1) is 21.4 Å². The molecule has 0 heterocycles. The number of nitriles is 1. The van der Waals surface area contributed by atoms with Crippen LogP contribution in [-0.4, -0.2) is 17.4 Å². The lowest BCUT2D eigenvalue weighted by atomic mass is 10.2. The topological polar surface area (TPSA) is 105 Å². The molecule has 0 saturated carbocycles. The molecule has 0 aliphatic rings. The van der Waals surface area contributed by atoms with Gasteiger partial charge in [0, 0.05) is 18.7 Å². The molecule has 7 nitrogen and oxygen atoms in total. The van der Waals surface area contributed by atoms with Crippen LogP contribution in [0.2, 0.25) is 0 Å². The van der Waals surface area contributed by atoms with Gasteiger partial charge in [0.05, 0.1) is 16.6 Å². The van der Waals surface area contributed by atoms with Crippen molar-refractivity contribution in [2.45, 2.75) is 6.54 Å². The van der Waals surface area contributed by atoms with Crippen LogP contribution < -0.4 is 10.1 Å². The molecule has 0 aromatic heterocycles. The molecule has 1 amide bonds. The number of amides is 1. The van der Waals surface area contributed by atoms with E-state index in [2.05, 4.69) is 5.32 Å². The van der Waals surface area contributed by atoms with Crippen molar-refractivity contribution in [3.8, 4) is 11.8 Å². The van der Waals surface area contributed by atoms with E-state index in [4.69, 9.17) is 10.00 Å². The molecule has 116 valence electrons. The molecule has 0 aliphatic carbocycles. The standard InChI is InChI=1S/C16H13N3O4/c17-9-12-3-7-15(8-4-12)23-11-16(20)18-10-13-1-5-14(6-2-13)19(21)22/h1-8H,10-11H2,(H,18,20). The highest BCUT2D eigenvalue weighted by Crippen LogP contribution is 2.12. The van der Waals surface area contributed by atoms with Gasteiger partial charge < -0.3 is 10.1 Å². The lowest BCUT2D eigenvalue weighted by Crippen LogP contribution is -2.28. The van der Waals surface area contributed by atoms with Gasteiger partial charge >= 0.3 is 0 Å². The van der Waals surface area contributed by atoms with Crippen molar-refractivity contribution in [3.63, 3.8) is 0 Å². The van der Waals surface area contributed by atoms with Gasteiger partial charge in [-0.25, -0.2) is 0 Å². The first-order valence-corrected chi connectivity index (χ1v) is 6.71. The van der Waals surface area contributed by atoms with Gasteiger partial charge in [-0.05, 0) is 29.8 Å². The zero-order valence-corrected chi connectivity index (χ0v) is 12.1. The van der Waals surface area contributed by atoms with Crippen molar-refractivity contribution in [1.29, 1.82) is 5.26 Å². The molecule has 0 bridgehead atoms. The molecule has 0 fully saturated rings. The van der Waals surface area contributed by atoms with Crippen LogP contribution in [0.25, 0.3) is 0 Å². The molecule has 2 aromatic carbocycles. The number of benzene rings is 2. The zero-order chi connectivity index (χ0) is 16.7. The van der Waals surface area contributed by atoms with Gasteiger partial charge in [0.25, 0.3) is 11.6 Å². The van der Waals surface area contributed by atoms with Gasteiger partial charge in [0.15, 0.2) is 6.61 Å². The monoisotopic (exact) mass is 311 g/mol. The maximum atomic E-state index is 11.7. The van der Waals surface area contributed by atoms with E-state index in [1.807, 2.05) is 6.07 Å². The number of non-ortho nitro benzene ring substituents is 1. The summed E-state index contributed by atoms with van der Waals surface area (Å²) in [5, 5.41) is 21.9. The number of nitro benzene ring substituents is 1. The number of carbonyl (C=O) groups excluding carboxylic acids is 1. The number of nitrogens with one attached hydrogen (secondary N) is 1. The first kappa shape index (κ1) is 16.0. The summed E-state index contributed by atoms with van der Waals surface area (Å²) < 4.78 is 5.30. The van der Waals surface area contributed by atoms with Crippen LogP contribution in [0.15, 0.2) is 48.5 Å². The quantitative estimate of drug-likeness (QED) is 0.650. The summed E-state index contributed by atoms with van der Waals surface area (Å²) in [6.45, 7) is 0.104. The Labute approximate surface area is 132 Å². The molecule has 0 unspecified atom stereocenters. The summed E-state index contributed by atoms with van der Waals surface area (Å²) in [5.74, 6) is 0.183. The first-order chi connectivity index (χ1) is 11.1. The predicted octanol–water partition coefficient (Wildman–Crippen LogP) is 2.16. The second-order valence-corrected chi connectivity index (χ2v) is 4.63. The Morgan fingerprint density at radius 2 is 1.83 bits per heavy atom. The minimum Gasteiger partial charge on any atom is -0.484 e. The summed E-state index contributed by atoms with van der Waals surface area (Å²) >= 11 is 0. The number of ether oxygens (including phenoxy) is 1. The van der Waals surface area contributed by atoms with E-state index in [1.54, 1.807) is 36.4 Å². The summed E-state index contributed by atoms with van der Waals surface area (Å²) in [6, 6.07) is 14.4. The number of hydrogen-bond acceptors (Lipinski definition) is 5. The van der Waals surface area contributed by atoms with Crippen molar-refractivity contribution in [3.05, 3.63) is 69.8 Å². The van der Waals surface area contributed by atoms with E-state index in [1.165, 1.54) is 12.1 Å². The Bertz CT molecular complexity index is 733. The Morgan fingerprint density at radius 3 is 2.39 bits per heavy atom. The third-order valence-electron chi connectivity index (χ3n) is 2.99. The fourth-order valence-electron chi connectivity index (χ4n) is 1.76. The number of nitro groups is 1. The Balaban J connectivity index is 1.78. The second-order valence-electron chi connectivity index (χ2n) is 4.63. The molecule has 7 heteroatoms. The fraction of sp³-hybridized carbons (Fsp3) is 0.125. The van der Waals surface area contributed by atoms with Gasteiger partial charge in [0.2, 0.25) is 0 Å². The SMILES string of the molecule is N#Cc1ccc(OCC(=O)NCc2ccc([N+](=O)[O-])cc2)cc1. The third-order valence-corrected chi connectivity index (χ3v) is 2.99. The minimum absolute atomic E-state index is 0.00391. The molecule has 0 aliphatic heterocycles. The van der Waals surface area contributed by atoms with Crippen LogP contribution in [0.4, 0.5) is 5.69 Å². The summed E-state index contributed by atoms with van der Waals surface area (Å²) in [6.07, 6.45) is 0. The lowest BCUT2D eigenvalue weighted by Gasteiger charge is -2.07. The fourth-order valence-corrected chi connectivity index (χ4v) is 1.76. The summed E-state index contributed by atoms with van der Waals surface area (Å²) in [5.41, 5.74) is 1.27. The van der Waals surface area contributed by atoms with Crippen molar-refractivity contribution in [2.75, 3.05) is 6.61 Å². The van der Waals surface area contributed by atoms with Gasteiger partial charge in [-0.2, -0.15) is 5.26 Å². The van der Waals surface area contributed by atoms with E-state index in [0.29, 0.717) is 11.3 Å². The molecular weight excluding hydrogens is 298 g/mol. The number of nitrogens with zero attached hydrogens (tertiary/aromatic N) is 2. The zero-order valence-electron chi connectivity index (χ0n) is 12.1. The molecule has 2 rings (SSSR count). The molecular formula is C16H13N3O4. The average Bonchev–Trinajstić information content (AvgIpc) is 2.59. The molecule has 0 saturated heterocycles. The number of rotatable bonds is 6. The summed E-state index contributed by atoms with van der Waals surface area (Å²) in [4.78, 5) is 21.8. The third kappa shape index (κ3) is 4.82. The second kappa shape index (κ2) is 7.56. The maximum Gasteiger partial charge on any atom is 0.269 e. The van der Waals surface area contributed by atoms with Crippen molar-refractivity contribution in [1.82, 2.24) is 5.32 Å². The number of carbonyl (C=O) groups is 1. The first-order valence-electron chi connectivity index (χ1n) is 6.71. The van der Waals surface area contributed by atoms with E-state index < -0.39 is 4.92 Å². The Hall–Kier alpha value is -3.40. The van der Waals surface area contributed by atoms with E-state index in [9.17, 15) is 14.9 Å². The Morgan fingerprint density at radius 1 is 1.17 bits per heavy atom. The molecule has 1 N–H and O–H groups in total. The van der Waals surface area contributed by atoms with Gasteiger partial charge in [-0.1, -0.05) is 12.1 Å². The lowest BCUT2D eigenvalue weighted by molar-refractivity contribution is -0.384. The van der Waals surface area contributed by atoms with E-state index in [-0.39, 0.29) is 24.7 Å². The maximum absolute atomic E-state index is 11.7. The molecule has 0 spiro atoms. The van der Waals surface area contributed by atoms with Crippen LogP contribution in [0.1, 0.15) is 11.1 Å². The minimum atomic E-state index is -0.478. The molecule has 0 atom stereocenters. The van der Waals surface area contributed by atoms with Crippen molar-refractivity contribution < 1.29 is 14.5 Å². The van der Waals surface area contributed by atoms with Crippen molar-refractivity contribution in [2.24, 2.45) is 0 Å². The van der Waals surface area contributed by atoms with E-state index in [0.717, 1.165) is 5.56 Å². The number of hydrogen-bond donors (Lipinski definition) is 1. The largest absolute Gasteiger partial charge is 0.484 e. The summed E-state index contributed by atoms with van der Waals surface area (Å²) in [7, 11) is 0. The van der Waals surface area contributed by atoms with Gasteiger partial charge in [-0.3, -0.25) is 14.9 Å². The average molecular weight is 311 g/mol. The molecule has 2 aromatic rings. The highest BCUT2D eigenvalue weighted by atomic mass is 16.6. The Kier molecular flexibility index (Phi) is 5.25. The van der Waals surface area contributed by atoms with Crippen LogP contribution in [-0.2, 0) is 11.3 Å². The normalized spacial score (nSPS) is 9.70. The van der Waals surface area contributed by atoms with Gasteiger partial charge in [0.1, 0.15) is 5.75 Å². The predicted molar refractivity (Wildman–Crippen MR) is 81.6 cm³/mol. The molecule has 23 heavy (non-hydrogen) atoms. The highest BCUT2D eigenvalue weighted by molar-refractivity contribution is 5.77. The highest BCUT2D eigenvalue weighted by Gasteiger charge is 2.06. The van der Waals surface area contributed by atoms with Crippen molar-refractivity contribution >= 4 is 11.6 Å². The van der Waals surface area contributed by atoms with E-state index >= 15 is 0 Å².